The van der Waals surface area contributed by atoms with E-state index in [1.807, 2.05) is 13.8 Å². The van der Waals surface area contributed by atoms with E-state index in [2.05, 4.69) is 5.32 Å². The maximum Gasteiger partial charge on any atom is 0.251 e. The van der Waals surface area contributed by atoms with Gasteiger partial charge in [0, 0.05) is 17.6 Å². The van der Waals surface area contributed by atoms with Gasteiger partial charge in [0.2, 0.25) is 0 Å². The number of aryl methyl sites for hydroxylation is 1. The summed E-state index contributed by atoms with van der Waals surface area (Å²) in [5.41, 5.74) is 7.02. The number of rotatable bonds is 4. The minimum absolute atomic E-state index is 0.0377. The quantitative estimate of drug-likeness (QED) is 0.742. The first kappa shape index (κ1) is 13.5. The largest absolute Gasteiger partial charge is 0.508 e. The van der Waals surface area contributed by atoms with E-state index in [0.29, 0.717) is 5.56 Å². The number of phenolic OH excluding ortho intramolecular Hbond substituents is 1. The molecule has 94 valence electrons. The van der Waals surface area contributed by atoms with Crippen LogP contribution in [0.5, 0.6) is 5.75 Å². The van der Waals surface area contributed by atoms with E-state index in [4.69, 9.17) is 5.73 Å². The molecule has 2 atom stereocenters. The van der Waals surface area contributed by atoms with Crippen LogP contribution < -0.4 is 11.1 Å². The van der Waals surface area contributed by atoms with Gasteiger partial charge in [0.1, 0.15) is 5.75 Å². The van der Waals surface area contributed by atoms with Crippen LogP contribution in [0.25, 0.3) is 0 Å². The third-order valence-corrected chi connectivity index (χ3v) is 2.56. The molecule has 4 nitrogen and oxygen atoms in total. The molecule has 0 bridgehead atoms. The minimum Gasteiger partial charge on any atom is -0.508 e. The lowest BCUT2D eigenvalue weighted by Gasteiger charge is -2.16. The Morgan fingerprint density at radius 1 is 1.47 bits per heavy atom. The van der Waals surface area contributed by atoms with Gasteiger partial charge in [0.05, 0.1) is 0 Å². The van der Waals surface area contributed by atoms with Crippen LogP contribution in [-0.4, -0.2) is 23.1 Å². The Balaban J connectivity index is 2.70. The van der Waals surface area contributed by atoms with Gasteiger partial charge in [-0.05, 0) is 51.0 Å². The Morgan fingerprint density at radius 2 is 2.12 bits per heavy atom. The van der Waals surface area contributed by atoms with Crippen molar-refractivity contribution in [2.24, 2.45) is 5.73 Å². The molecule has 0 spiro atoms. The maximum atomic E-state index is 11.9. The van der Waals surface area contributed by atoms with Crippen molar-refractivity contribution in [1.29, 1.82) is 0 Å². The zero-order chi connectivity index (χ0) is 13.0. The van der Waals surface area contributed by atoms with E-state index in [0.717, 1.165) is 12.0 Å². The van der Waals surface area contributed by atoms with Gasteiger partial charge in [-0.15, -0.1) is 0 Å². The highest BCUT2D eigenvalue weighted by molar-refractivity contribution is 5.95. The highest BCUT2D eigenvalue weighted by Gasteiger charge is 2.13. The van der Waals surface area contributed by atoms with Gasteiger partial charge in [-0.25, -0.2) is 0 Å². The molecule has 0 saturated heterocycles. The summed E-state index contributed by atoms with van der Waals surface area (Å²) >= 11 is 0. The lowest BCUT2D eigenvalue weighted by Crippen LogP contribution is -2.36. The van der Waals surface area contributed by atoms with Crippen molar-refractivity contribution in [3.63, 3.8) is 0 Å². The Kier molecular flexibility index (Phi) is 4.52. The summed E-state index contributed by atoms with van der Waals surface area (Å²) in [6.45, 7) is 5.64. The van der Waals surface area contributed by atoms with Crippen molar-refractivity contribution < 1.29 is 9.90 Å². The summed E-state index contributed by atoms with van der Waals surface area (Å²) in [6, 6.07) is 4.81. The summed E-state index contributed by atoms with van der Waals surface area (Å²) in [7, 11) is 0. The molecule has 0 fully saturated rings. The first-order chi connectivity index (χ1) is 7.90. The normalized spacial score (nSPS) is 14.1. The number of hydrogen-bond donors (Lipinski definition) is 3. The first-order valence-electron chi connectivity index (χ1n) is 5.76. The average molecular weight is 236 g/mol. The number of carbonyl (C=O) groups is 1. The fourth-order valence-electron chi connectivity index (χ4n) is 1.82. The second-order valence-corrected chi connectivity index (χ2v) is 4.59. The van der Waals surface area contributed by atoms with Crippen LogP contribution in [0.3, 0.4) is 0 Å². The molecule has 0 aromatic heterocycles. The molecule has 1 aromatic carbocycles. The molecule has 0 aliphatic heterocycles. The van der Waals surface area contributed by atoms with Gasteiger partial charge in [0.15, 0.2) is 0 Å². The van der Waals surface area contributed by atoms with Gasteiger partial charge in [-0.3, -0.25) is 4.79 Å². The van der Waals surface area contributed by atoms with Crippen molar-refractivity contribution in [2.45, 2.75) is 39.3 Å². The molecular formula is C13H20N2O2. The van der Waals surface area contributed by atoms with Crippen molar-refractivity contribution in [2.75, 3.05) is 0 Å². The number of benzene rings is 1. The number of aromatic hydroxyl groups is 1. The molecular weight excluding hydrogens is 216 g/mol. The SMILES string of the molecule is Cc1cc(O)ccc1C(=O)NC(C)CC(C)N. The van der Waals surface area contributed by atoms with Crippen LogP contribution in [0.2, 0.25) is 0 Å². The Hall–Kier alpha value is -1.55. The number of carbonyl (C=O) groups excluding carboxylic acids is 1. The lowest BCUT2D eigenvalue weighted by molar-refractivity contribution is 0.0937. The van der Waals surface area contributed by atoms with Crippen LogP contribution in [0, 0.1) is 6.92 Å². The van der Waals surface area contributed by atoms with Gasteiger partial charge >= 0.3 is 0 Å². The molecule has 0 aliphatic rings. The van der Waals surface area contributed by atoms with E-state index >= 15 is 0 Å². The van der Waals surface area contributed by atoms with E-state index in [1.54, 1.807) is 19.1 Å². The van der Waals surface area contributed by atoms with E-state index in [9.17, 15) is 9.90 Å². The molecule has 17 heavy (non-hydrogen) atoms. The van der Waals surface area contributed by atoms with E-state index < -0.39 is 0 Å². The molecule has 0 heterocycles. The Morgan fingerprint density at radius 3 is 2.65 bits per heavy atom. The highest BCUT2D eigenvalue weighted by Crippen LogP contribution is 2.15. The van der Waals surface area contributed by atoms with Crippen molar-refractivity contribution >= 4 is 5.91 Å². The Labute approximate surface area is 102 Å². The predicted molar refractivity (Wildman–Crippen MR) is 68.0 cm³/mol. The van der Waals surface area contributed by atoms with Crippen molar-refractivity contribution in [3.8, 4) is 5.75 Å². The second kappa shape index (κ2) is 5.68. The number of nitrogens with two attached hydrogens (primary N) is 1. The van der Waals surface area contributed by atoms with E-state index in [-0.39, 0.29) is 23.7 Å². The fraction of sp³-hybridized carbons (Fsp3) is 0.462. The average Bonchev–Trinajstić information content (AvgIpc) is 2.15. The smallest absolute Gasteiger partial charge is 0.251 e. The summed E-state index contributed by atoms with van der Waals surface area (Å²) in [5.74, 6) is 0.0401. The number of nitrogens with one attached hydrogen (secondary N) is 1. The van der Waals surface area contributed by atoms with Crippen LogP contribution in [0.15, 0.2) is 18.2 Å². The molecule has 2 unspecified atom stereocenters. The standard InChI is InChI=1S/C13H20N2O2/c1-8-6-11(16)4-5-12(8)13(17)15-10(3)7-9(2)14/h4-6,9-10,16H,7,14H2,1-3H3,(H,15,17). The number of amides is 1. The van der Waals surface area contributed by atoms with Crippen LogP contribution >= 0.6 is 0 Å². The van der Waals surface area contributed by atoms with Crippen molar-refractivity contribution in [1.82, 2.24) is 5.32 Å². The molecule has 0 aliphatic carbocycles. The van der Waals surface area contributed by atoms with Gasteiger partial charge < -0.3 is 16.2 Å². The molecule has 1 rings (SSSR count). The van der Waals surface area contributed by atoms with Gasteiger partial charge in [-0.2, -0.15) is 0 Å². The molecule has 1 amide bonds. The van der Waals surface area contributed by atoms with Gasteiger partial charge in [-0.1, -0.05) is 0 Å². The predicted octanol–water partition coefficient (Wildman–Crippen LogP) is 1.56. The fourth-order valence-corrected chi connectivity index (χ4v) is 1.82. The maximum absolute atomic E-state index is 11.9. The molecule has 4 N–H and O–H groups in total. The van der Waals surface area contributed by atoms with E-state index in [1.165, 1.54) is 6.07 Å². The molecule has 0 saturated carbocycles. The topological polar surface area (TPSA) is 75.3 Å². The number of phenols is 1. The zero-order valence-corrected chi connectivity index (χ0v) is 10.5. The minimum atomic E-state index is -0.129. The monoisotopic (exact) mass is 236 g/mol. The van der Waals surface area contributed by atoms with Crippen LogP contribution in [0.4, 0.5) is 0 Å². The first-order valence-corrected chi connectivity index (χ1v) is 5.76. The third-order valence-electron chi connectivity index (χ3n) is 2.56. The summed E-state index contributed by atoms with van der Waals surface area (Å²) in [4.78, 5) is 11.9. The third kappa shape index (κ3) is 4.07. The summed E-state index contributed by atoms with van der Waals surface area (Å²) in [5, 5.41) is 12.2. The second-order valence-electron chi connectivity index (χ2n) is 4.59. The van der Waals surface area contributed by atoms with Crippen LogP contribution in [0.1, 0.15) is 36.2 Å². The summed E-state index contributed by atoms with van der Waals surface area (Å²) < 4.78 is 0. The zero-order valence-electron chi connectivity index (χ0n) is 10.5. The van der Waals surface area contributed by atoms with Crippen molar-refractivity contribution in [3.05, 3.63) is 29.3 Å². The van der Waals surface area contributed by atoms with Gasteiger partial charge in [0.25, 0.3) is 5.91 Å². The van der Waals surface area contributed by atoms with Crippen LogP contribution in [-0.2, 0) is 0 Å². The molecule has 4 heteroatoms. The highest BCUT2D eigenvalue weighted by atomic mass is 16.3. The Bertz CT molecular complexity index is 402. The summed E-state index contributed by atoms with van der Waals surface area (Å²) in [6.07, 6.45) is 0.739. The molecule has 0 radical (unpaired) electrons. The number of hydrogen-bond acceptors (Lipinski definition) is 3. The lowest BCUT2D eigenvalue weighted by atomic mass is 10.1. The molecule has 1 aromatic rings.